The van der Waals surface area contributed by atoms with Gasteiger partial charge in [-0.1, -0.05) is 6.07 Å². The molecule has 0 radical (unpaired) electrons. The Balaban J connectivity index is 1.45. The molecular formula is C26H28O15. The third kappa shape index (κ3) is 5.67. The Labute approximate surface area is 230 Å². The van der Waals surface area contributed by atoms with E-state index in [1.165, 1.54) is 18.2 Å². The van der Waals surface area contributed by atoms with Gasteiger partial charge in [-0.15, -0.1) is 0 Å². The van der Waals surface area contributed by atoms with E-state index in [0.717, 1.165) is 18.2 Å². The van der Waals surface area contributed by atoms with Gasteiger partial charge >= 0.3 is 5.63 Å². The van der Waals surface area contributed by atoms with Gasteiger partial charge in [-0.2, -0.15) is 0 Å². The van der Waals surface area contributed by atoms with Gasteiger partial charge < -0.3 is 69.3 Å². The number of hydrogen-bond donors (Lipinski definition) is 9. The molecule has 5 rings (SSSR count). The van der Waals surface area contributed by atoms with Crippen molar-refractivity contribution < 1.29 is 69.3 Å². The van der Waals surface area contributed by atoms with E-state index in [1.807, 2.05) is 0 Å². The molecule has 222 valence electrons. The molecule has 0 bridgehead atoms. The number of fused-ring (bicyclic) bond motifs is 1. The molecule has 0 aliphatic carbocycles. The first-order valence-electron chi connectivity index (χ1n) is 12.4. The summed E-state index contributed by atoms with van der Waals surface area (Å²) in [7, 11) is 0. The predicted molar refractivity (Wildman–Crippen MR) is 134 cm³/mol. The van der Waals surface area contributed by atoms with E-state index in [-0.39, 0.29) is 34.5 Å². The first-order chi connectivity index (χ1) is 19.4. The lowest BCUT2D eigenvalue weighted by Crippen LogP contribution is -2.61. The van der Waals surface area contributed by atoms with E-state index >= 15 is 0 Å². The second-order valence-electron chi connectivity index (χ2n) is 9.72. The zero-order valence-corrected chi connectivity index (χ0v) is 21.0. The lowest BCUT2D eigenvalue weighted by molar-refractivity contribution is -0.307. The summed E-state index contributed by atoms with van der Waals surface area (Å²) in [5.41, 5.74) is -0.563. The average molecular weight is 580 g/mol. The lowest BCUT2D eigenvalue weighted by Gasteiger charge is -2.41. The molecule has 41 heavy (non-hydrogen) atoms. The van der Waals surface area contributed by atoms with Crippen LogP contribution in [0.4, 0.5) is 0 Å². The molecule has 0 saturated carbocycles. The standard InChI is InChI=1S/C26H28O15/c27-10-4-15-19(11(6-18(31)39-15)9-1-2-12(28)13(29)3-9)16(5-10)40-26-24(36)22(34)21(33)17(41-26)8-38-25-23(35)20(32)14(30)7-37-25/h1-6,14,17,20-30,32-36H,7-8H2/t14-,17+,20-,21-,22-,23-,24+,25-,26+/m1/s1. The highest BCUT2D eigenvalue weighted by Crippen LogP contribution is 2.40. The molecule has 15 heteroatoms. The molecule has 0 unspecified atom stereocenters. The van der Waals surface area contributed by atoms with Crippen molar-refractivity contribution in [2.24, 2.45) is 0 Å². The Hall–Kier alpha value is -3.51. The van der Waals surface area contributed by atoms with Crippen molar-refractivity contribution in [2.75, 3.05) is 13.2 Å². The molecule has 2 aromatic carbocycles. The molecule has 15 nitrogen and oxygen atoms in total. The van der Waals surface area contributed by atoms with Gasteiger partial charge in [-0.25, -0.2) is 4.79 Å². The fraction of sp³-hybridized carbons (Fsp3) is 0.423. The number of ether oxygens (including phenoxy) is 4. The van der Waals surface area contributed by atoms with Gasteiger partial charge in [0.05, 0.1) is 18.6 Å². The normalized spacial score (nSPS) is 32.2. The van der Waals surface area contributed by atoms with Crippen LogP contribution in [0.25, 0.3) is 22.1 Å². The summed E-state index contributed by atoms with van der Waals surface area (Å²) >= 11 is 0. The molecule has 2 saturated heterocycles. The minimum Gasteiger partial charge on any atom is -0.508 e. The van der Waals surface area contributed by atoms with Crippen LogP contribution in [0.3, 0.4) is 0 Å². The number of aliphatic hydroxyl groups is 6. The Morgan fingerprint density at radius 2 is 1.54 bits per heavy atom. The van der Waals surface area contributed by atoms with Crippen LogP contribution >= 0.6 is 0 Å². The summed E-state index contributed by atoms with van der Waals surface area (Å²) in [5, 5.41) is 91.2. The van der Waals surface area contributed by atoms with Crippen LogP contribution in [0, 0.1) is 0 Å². The molecule has 0 amide bonds. The van der Waals surface area contributed by atoms with E-state index in [1.54, 1.807) is 0 Å². The summed E-state index contributed by atoms with van der Waals surface area (Å²) < 4.78 is 27.2. The molecule has 3 heterocycles. The van der Waals surface area contributed by atoms with Gasteiger partial charge in [0, 0.05) is 23.8 Å². The average Bonchev–Trinajstić information content (AvgIpc) is 2.93. The van der Waals surface area contributed by atoms with Crippen molar-refractivity contribution >= 4 is 11.0 Å². The number of aliphatic hydroxyl groups excluding tert-OH is 6. The fourth-order valence-electron chi connectivity index (χ4n) is 4.65. The summed E-state index contributed by atoms with van der Waals surface area (Å²) in [4.78, 5) is 12.3. The smallest absolute Gasteiger partial charge is 0.336 e. The Morgan fingerprint density at radius 3 is 2.27 bits per heavy atom. The molecular weight excluding hydrogens is 552 g/mol. The second-order valence-corrected chi connectivity index (χ2v) is 9.72. The maximum absolute atomic E-state index is 12.3. The monoisotopic (exact) mass is 580 g/mol. The van der Waals surface area contributed by atoms with Gasteiger partial charge in [-0.3, -0.25) is 0 Å². The van der Waals surface area contributed by atoms with Crippen molar-refractivity contribution in [1.82, 2.24) is 0 Å². The molecule has 1 aromatic heterocycles. The molecule has 2 fully saturated rings. The van der Waals surface area contributed by atoms with Crippen LogP contribution < -0.4 is 10.4 Å². The van der Waals surface area contributed by atoms with Crippen LogP contribution in [0.1, 0.15) is 0 Å². The molecule has 2 aliphatic heterocycles. The highest BCUT2D eigenvalue weighted by atomic mass is 16.7. The SMILES string of the molecule is O=c1cc(-c2ccc(O)c(O)c2)c2c(O[C@H]3O[C@@H](CO[C@H]4OC[C@@H](O)[C@@H](O)[C@H]4O)[C@@H](O)[C@@H](O)[C@@H]3O)cc(O)cc2o1. The molecule has 9 N–H and O–H groups in total. The maximum Gasteiger partial charge on any atom is 0.336 e. The molecule has 0 spiro atoms. The van der Waals surface area contributed by atoms with Crippen LogP contribution in [0.2, 0.25) is 0 Å². The summed E-state index contributed by atoms with van der Waals surface area (Å²) in [6.07, 6.45) is -14.3. The number of hydrogen-bond acceptors (Lipinski definition) is 15. The van der Waals surface area contributed by atoms with Gasteiger partial charge in [-0.05, 0) is 17.7 Å². The summed E-state index contributed by atoms with van der Waals surface area (Å²) in [6.45, 7) is -0.866. The van der Waals surface area contributed by atoms with E-state index < -0.39 is 84.8 Å². The molecule has 3 aromatic rings. The van der Waals surface area contributed by atoms with Crippen LogP contribution in [0.15, 0.2) is 45.6 Å². The maximum atomic E-state index is 12.3. The minimum absolute atomic E-state index is 0.0861. The van der Waals surface area contributed by atoms with E-state index in [2.05, 4.69) is 0 Å². The Morgan fingerprint density at radius 1 is 0.805 bits per heavy atom. The quantitative estimate of drug-likeness (QED) is 0.115. The summed E-state index contributed by atoms with van der Waals surface area (Å²) in [5.74, 6) is -1.49. The zero-order chi connectivity index (χ0) is 29.6. The topological polar surface area (TPSA) is 249 Å². The molecule has 9 atom stereocenters. The van der Waals surface area contributed by atoms with Crippen molar-refractivity contribution in [3.63, 3.8) is 0 Å². The van der Waals surface area contributed by atoms with Gasteiger partial charge in [0.15, 0.2) is 17.8 Å². The Kier molecular flexibility index (Phi) is 8.06. The minimum atomic E-state index is -1.83. The van der Waals surface area contributed by atoms with E-state index in [4.69, 9.17) is 23.4 Å². The number of phenols is 3. The molecule has 2 aliphatic rings. The first kappa shape index (κ1) is 29.0. The van der Waals surface area contributed by atoms with E-state index in [0.29, 0.717) is 0 Å². The lowest BCUT2D eigenvalue weighted by atomic mass is 9.98. The van der Waals surface area contributed by atoms with Gasteiger partial charge in [0.1, 0.15) is 59.8 Å². The van der Waals surface area contributed by atoms with Crippen molar-refractivity contribution in [1.29, 1.82) is 0 Å². The van der Waals surface area contributed by atoms with Crippen molar-refractivity contribution in [3.05, 3.63) is 46.8 Å². The number of benzene rings is 2. The predicted octanol–water partition coefficient (Wildman–Crippen LogP) is -1.78. The third-order valence-corrected chi connectivity index (χ3v) is 6.87. The van der Waals surface area contributed by atoms with Crippen LogP contribution in [-0.2, 0) is 14.2 Å². The number of phenolic OH excluding ortho intramolecular Hbond substituents is 3. The summed E-state index contributed by atoms with van der Waals surface area (Å²) in [6, 6.07) is 7.08. The Bertz CT molecular complexity index is 1460. The van der Waals surface area contributed by atoms with E-state index in [9.17, 15) is 50.8 Å². The second kappa shape index (κ2) is 11.4. The van der Waals surface area contributed by atoms with Crippen LogP contribution in [-0.4, -0.2) is 114 Å². The third-order valence-electron chi connectivity index (χ3n) is 6.87. The van der Waals surface area contributed by atoms with Crippen molar-refractivity contribution in [2.45, 2.75) is 55.3 Å². The zero-order valence-electron chi connectivity index (χ0n) is 21.0. The first-order valence-corrected chi connectivity index (χ1v) is 12.4. The largest absolute Gasteiger partial charge is 0.508 e. The van der Waals surface area contributed by atoms with Crippen molar-refractivity contribution in [3.8, 4) is 34.1 Å². The number of aromatic hydroxyl groups is 3. The van der Waals surface area contributed by atoms with Crippen LogP contribution in [0.5, 0.6) is 23.0 Å². The van der Waals surface area contributed by atoms with Gasteiger partial charge in [0.25, 0.3) is 0 Å². The highest BCUT2D eigenvalue weighted by molar-refractivity contribution is 5.98. The van der Waals surface area contributed by atoms with Gasteiger partial charge in [0.2, 0.25) is 6.29 Å². The fourth-order valence-corrected chi connectivity index (χ4v) is 4.65. The highest BCUT2D eigenvalue weighted by Gasteiger charge is 2.46. The number of rotatable bonds is 6.